The fraction of sp³-hybridized carbons (Fsp3) is 0.300. The largest absolute Gasteiger partial charge is 0.455 e. The molecule has 0 spiro atoms. The Balaban J connectivity index is 2.75. The molecule has 1 N–H and O–H groups in total. The smallest absolute Gasteiger partial charge is 0.264 e. The van der Waals surface area contributed by atoms with Gasteiger partial charge in [0, 0.05) is 13.8 Å². The van der Waals surface area contributed by atoms with Gasteiger partial charge in [-0.05, 0) is 12.1 Å². The molecule has 0 bridgehead atoms. The molecule has 70 valence electrons. The lowest BCUT2D eigenvalue weighted by Gasteiger charge is -2.21. The van der Waals surface area contributed by atoms with Crippen LogP contribution in [0.15, 0.2) is 30.3 Å². The van der Waals surface area contributed by atoms with E-state index >= 15 is 0 Å². The first kappa shape index (κ1) is 9.74. The van der Waals surface area contributed by atoms with Crippen molar-refractivity contribution < 1.29 is 14.6 Å². The third kappa shape index (κ3) is 2.56. The highest BCUT2D eigenvalue weighted by Crippen LogP contribution is 2.16. The van der Waals surface area contributed by atoms with E-state index in [2.05, 4.69) is 0 Å². The minimum absolute atomic E-state index is 0.420. The molecule has 1 atom stereocenters. The number of Topliss-reactive ketones (excluding diaryl/α,β-unsaturated/α-hetero) is 1. The van der Waals surface area contributed by atoms with Crippen molar-refractivity contribution in [1.82, 2.24) is 0 Å². The van der Waals surface area contributed by atoms with E-state index < -0.39 is 11.6 Å². The van der Waals surface area contributed by atoms with Gasteiger partial charge in [-0.25, -0.2) is 0 Å². The number of rotatable bonds is 3. The van der Waals surface area contributed by atoms with Crippen molar-refractivity contribution in [3.63, 3.8) is 0 Å². The molecule has 1 unspecified atom stereocenters. The van der Waals surface area contributed by atoms with Crippen LogP contribution in [0.3, 0.4) is 0 Å². The summed E-state index contributed by atoms with van der Waals surface area (Å²) in [4.78, 5) is 10.9. The van der Waals surface area contributed by atoms with Crippen LogP contribution < -0.4 is 4.74 Å². The van der Waals surface area contributed by atoms with Gasteiger partial charge in [-0.2, -0.15) is 0 Å². The van der Waals surface area contributed by atoms with Gasteiger partial charge in [-0.15, -0.1) is 0 Å². The molecule has 3 heteroatoms. The first-order chi connectivity index (χ1) is 6.02. The summed E-state index contributed by atoms with van der Waals surface area (Å²) in [7, 11) is 0. The monoisotopic (exact) mass is 180 g/mol. The zero-order chi connectivity index (χ0) is 9.90. The van der Waals surface area contributed by atoms with E-state index in [9.17, 15) is 9.90 Å². The summed E-state index contributed by atoms with van der Waals surface area (Å²) < 4.78 is 5.07. The van der Waals surface area contributed by atoms with E-state index in [4.69, 9.17) is 4.74 Å². The van der Waals surface area contributed by atoms with Gasteiger partial charge in [0.25, 0.3) is 5.79 Å². The zero-order valence-corrected chi connectivity index (χ0v) is 7.65. The van der Waals surface area contributed by atoms with Gasteiger partial charge < -0.3 is 9.84 Å². The number of ether oxygens (including phenoxy) is 1. The maximum Gasteiger partial charge on any atom is 0.264 e. The fourth-order valence-electron chi connectivity index (χ4n) is 0.790. The van der Waals surface area contributed by atoms with Crippen LogP contribution in [0.25, 0.3) is 0 Å². The second-order valence-corrected chi connectivity index (χ2v) is 2.95. The Morgan fingerprint density at radius 1 is 1.38 bits per heavy atom. The number of hydrogen-bond donors (Lipinski definition) is 1. The van der Waals surface area contributed by atoms with E-state index in [0.29, 0.717) is 5.75 Å². The Morgan fingerprint density at radius 3 is 2.38 bits per heavy atom. The Kier molecular flexibility index (Phi) is 2.68. The third-order valence-corrected chi connectivity index (χ3v) is 1.71. The van der Waals surface area contributed by atoms with Crippen molar-refractivity contribution in [2.45, 2.75) is 19.6 Å². The molecule has 0 aliphatic carbocycles. The average Bonchev–Trinajstić information content (AvgIpc) is 2.05. The number of ketones is 1. The molecule has 0 fully saturated rings. The molecule has 0 amide bonds. The summed E-state index contributed by atoms with van der Waals surface area (Å²) >= 11 is 0. The third-order valence-electron chi connectivity index (χ3n) is 1.71. The molecule has 0 heterocycles. The van der Waals surface area contributed by atoms with Crippen LogP contribution in [0, 0.1) is 0 Å². The number of carbonyl (C=O) groups is 1. The first-order valence-electron chi connectivity index (χ1n) is 4.00. The highest BCUT2D eigenvalue weighted by atomic mass is 16.6. The van der Waals surface area contributed by atoms with E-state index in [1.165, 1.54) is 13.8 Å². The van der Waals surface area contributed by atoms with Crippen LogP contribution in [0.2, 0.25) is 0 Å². The highest BCUT2D eigenvalue weighted by molar-refractivity contribution is 5.82. The molecule has 1 rings (SSSR count). The summed E-state index contributed by atoms with van der Waals surface area (Å²) in [6.07, 6.45) is 0. The molecule has 13 heavy (non-hydrogen) atoms. The number of benzene rings is 1. The Bertz CT molecular complexity index is 290. The number of carbonyl (C=O) groups excluding carboxylic acids is 1. The molecular weight excluding hydrogens is 168 g/mol. The highest BCUT2D eigenvalue weighted by Gasteiger charge is 2.28. The van der Waals surface area contributed by atoms with E-state index in [1.807, 2.05) is 6.07 Å². The van der Waals surface area contributed by atoms with Crippen LogP contribution in [-0.4, -0.2) is 16.7 Å². The van der Waals surface area contributed by atoms with Crippen molar-refractivity contribution >= 4 is 5.78 Å². The predicted octanol–water partition coefficient (Wildman–Crippen LogP) is 1.36. The standard InChI is InChI=1S/C10H12O3/c1-8(11)10(2,12)13-9-6-4-3-5-7-9/h3-7,12H,1-2H3. The summed E-state index contributed by atoms with van der Waals surface area (Å²) in [5, 5.41) is 9.47. The SMILES string of the molecule is CC(=O)C(C)(O)Oc1ccccc1. The van der Waals surface area contributed by atoms with Gasteiger partial charge in [0.1, 0.15) is 5.75 Å². The second kappa shape index (κ2) is 3.58. The normalized spacial score (nSPS) is 14.7. The van der Waals surface area contributed by atoms with E-state index in [-0.39, 0.29) is 0 Å². The fourth-order valence-corrected chi connectivity index (χ4v) is 0.790. The number of para-hydroxylation sites is 1. The van der Waals surface area contributed by atoms with Crippen molar-refractivity contribution in [2.75, 3.05) is 0 Å². The molecule has 0 aliphatic heterocycles. The van der Waals surface area contributed by atoms with Gasteiger partial charge in [0.15, 0.2) is 0 Å². The summed E-state index contributed by atoms with van der Waals surface area (Å²) in [6.45, 7) is 2.60. The van der Waals surface area contributed by atoms with E-state index in [1.54, 1.807) is 24.3 Å². The Hall–Kier alpha value is -1.35. The lowest BCUT2D eigenvalue weighted by molar-refractivity contribution is -0.164. The molecule has 0 aliphatic rings. The van der Waals surface area contributed by atoms with Gasteiger partial charge in [-0.3, -0.25) is 4.79 Å². The summed E-state index contributed by atoms with van der Waals surface area (Å²) in [6, 6.07) is 8.72. The predicted molar refractivity (Wildman–Crippen MR) is 48.4 cm³/mol. The lowest BCUT2D eigenvalue weighted by atomic mass is 10.2. The molecule has 0 saturated carbocycles. The van der Waals surface area contributed by atoms with Gasteiger partial charge in [0.2, 0.25) is 5.78 Å². The van der Waals surface area contributed by atoms with Crippen LogP contribution in [-0.2, 0) is 4.79 Å². The van der Waals surface area contributed by atoms with Gasteiger partial charge >= 0.3 is 0 Å². The van der Waals surface area contributed by atoms with E-state index in [0.717, 1.165) is 0 Å². The maximum absolute atomic E-state index is 10.9. The minimum atomic E-state index is -1.73. The quantitative estimate of drug-likeness (QED) is 0.714. The molecule has 0 aromatic heterocycles. The van der Waals surface area contributed by atoms with Crippen LogP contribution in [0.1, 0.15) is 13.8 Å². The minimum Gasteiger partial charge on any atom is -0.455 e. The number of hydrogen-bond acceptors (Lipinski definition) is 3. The topological polar surface area (TPSA) is 46.5 Å². The van der Waals surface area contributed by atoms with Crippen molar-refractivity contribution in [2.24, 2.45) is 0 Å². The molecule has 0 radical (unpaired) electrons. The average molecular weight is 180 g/mol. The van der Waals surface area contributed by atoms with Crippen molar-refractivity contribution in [3.8, 4) is 5.75 Å². The van der Waals surface area contributed by atoms with Gasteiger partial charge in [-0.1, -0.05) is 18.2 Å². The number of aliphatic hydroxyl groups is 1. The van der Waals surface area contributed by atoms with Gasteiger partial charge in [0.05, 0.1) is 0 Å². The second-order valence-electron chi connectivity index (χ2n) is 2.95. The maximum atomic E-state index is 10.9. The summed E-state index contributed by atoms with van der Waals surface area (Å²) in [5.74, 6) is -1.68. The lowest BCUT2D eigenvalue weighted by Crippen LogP contribution is -2.39. The van der Waals surface area contributed by atoms with Crippen LogP contribution in [0.5, 0.6) is 5.75 Å². The Labute approximate surface area is 77.0 Å². The van der Waals surface area contributed by atoms with Crippen molar-refractivity contribution in [3.05, 3.63) is 30.3 Å². The first-order valence-corrected chi connectivity index (χ1v) is 4.00. The molecule has 1 aromatic carbocycles. The summed E-state index contributed by atoms with van der Waals surface area (Å²) in [5.41, 5.74) is 0. The van der Waals surface area contributed by atoms with Crippen LogP contribution >= 0.6 is 0 Å². The Morgan fingerprint density at radius 2 is 1.92 bits per heavy atom. The van der Waals surface area contributed by atoms with Crippen LogP contribution in [0.4, 0.5) is 0 Å². The molecule has 0 saturated heterocycles. The molecule has 1 aromatic rings. The molecular formula is C10H12O3. The zero-order valence-electron chi connectivity index (χ0n) is 7.65. The van der Waals surface area contributed by atoms with Crippen molar-refractivity contribution in [1.29, 1.82) is 0 Å². The molecule has 3 nitrogen and oxygen atoms in total.